The number of alkyl halides is 3. The number of halogens is 3. The Bertz CT molecular complexity index is 1140. The van der Waals surface area contributed by atoms with E-state index in [1.54, 1.807) is 24.3 Å². The van der Waals surface area contributed by atoms with Crippen molar-refractivity contribution < 1.29 is 28.2 Å². The zero-order chi connectivity index (χ0) is 27.8. The summed E-state index contributed by atoms with van der Waals surface area (Å²) >= 11 is 0. The lowest BCUT2D eigenvalue weighted by molar-refractivity contribution is -0.149. The van der Waals surface area contributed by atoms with Crippen molar-refractivity contribution in [2.24, 2.45) is 0 Å². The van der Waals surface area contributed by atoms with E-state index < -0.39 is 18.1 Å². The molecule has 1 atom stereocenters. The van der Waals surface area contributed by atoms with Gasteiger partial charge in [-0.1, -0.05) is 59.2 Å². The number of benzene rings is 2. The lowest BCUT2D eigenvalue weighted by atomic mass is 9.98. The number of carbonyl (C=O) groups is 1. The standard InChI is InChI=1S/C22H23F3N4O3.2C2H6/c1-11(2)15-9-16(18(31)10-17(15)30)19-27-28-20(21(32)26-13(4)22(23,24)25)29(19)14-7-5-12(3)6-8-14;2*1-2/h5-11,13,30-31H,1-4H3,(H,26,32);2*1-2H3. The summed E-state index contributed by atoms with van der Waals surface area (Å²) in [4.78, 5) is 12.7. The summed E-state index contributed by atoms with van der Waals surface area (Å²) in [5, 5.41) is 30.3. The number of phenols is 2. The first-order chi connectivity index (χ1) is 16.9. The zero-order valence-corrected chi connectivity index (χ0v) is 21.9. The number of aryl methyl sites for hydroxylation is 1. The third-order valence-electron chi connectivity index (χ3n) is 5.00. The maximum atomic E-state index is 13.0. The van der Waals surface area contributed by atoms with Crippen molar-refractivity contribution in [3.05, 3.63) is 53.3 Å². The largest absolute Gasteiger partial charge is 0.508 e. The SMILES string of the molecule is CC.CC.Cc1ccc(-n2c(C(=O)NC(C)C(F)(F)F)nnc2-c2cc(C(C)C)c(O)cc2O)cc1. The van der Waals surface area contributed by atoms with Crippen molar-refractivity contribution >= 4 is 5.91 Å². The zero-order valence-electron chi connectivity index (χ0n) is 21.9. The second-order valence-electron chi connectivity index (χ2n) is 7.84. The number of carbonyl (C=O) groups excluding carboxylic acids is 1. The molecule has 0 bridgehead atoms. The maximum absolute atomic E-state index is 13.0. The molecular formula is C26H35F3N4O3. The van der Waals surface area contributed by atoms with E-state index in [1.165, 1.54) is 10.6 Å². The van der Waals surface area contributed by atoms with Crippen molar-refractivity contribution in [2.45, 2.75) is 73.5 Å². The Labute approximate surface area is 210 Å². The van der Waals surface area contributed by atoms with Crippen molar-refractivity contribution in [3.8, 4) is 28.6 Å². The van der Waals surface area contributed by atoms with E-state index in [0.29, 0.717) is 11.3 Å². The number of phenolic OH excluding ortho intramolecular Hbond substituents is 2. The minimum Gasteiger partial charge on any atom is -0.508 e. The van der Waals surface area contributed by atoms with Crippen molar-refractivity contribution in [3.63, 3.8) is 0 Å². The molecule has 0 aliphatic carbocycles. The molecule has 0 radical (unpaired) electrons. The molecule has 3 N–H and O–H groups in total. The highest BCUT2D eigenvalue weighted by molar-refractivity contribution is 5.92. The van der Waals surface area contributed by atoms with Gasteiger partial charge in [0.05, 0.1) is 5.56 Å². The number of aromatic hydroxyl groups is 2. The minimum absolute atomic E-state index is 0.0399. The number of rotatable bonds is 5. The molecular weight excluding hydrogens is 473 g/mol. The summed E-state index contributed by atoms with van der Waals surface area (Å²) in [6.45, 7) is 14.4. The van der Waals surface area contributed by atoms with Gasteiger partial charge in [-0.2, -0.15) is 13.2 Å². The van der Waals surface area contributed by atoms with E-state index in [4.69, 9.17) is 0 Å². The highest BCUT2D eigenvalue weighted by Crippen LogP contribution is 2.38. The van der Waals surface area contributed by atoms with Gasteiger partial charge < -0.3 is 15.5 Å². The lowest BCUT2D eigenvalue weighted by Gasteiger charge is -2.18. The van der Waals surface area contributed by atoms with E-state index in [9.17, 15) is 28.2 Å². The van der Waals surface area contributed by atoms with E-state index in [1.807, 2.05) is 53.8 Å². The Balaban J connectivity index is 0.00000154. The molecule has 1 unspecified atom stereocenters. The van der Waals surface area contributed by atoms with Crippen LogP contribution >= 0.6 is 0 Å². The normalized spacial score (nSPS) is 11.7. The van der Waals surface area contributed by atoms with Crippen LogP contribution in [0.15, 0.2) is 36.4 Å². The topological polar surface area (TPSA) is 100 Å². The molecule has 0 saturated carbocycles. The van der Waals surface area contributed by atoms with E-state index in [2.05, 4.69) is 10.2 Å². The first-order valence-electron chi connectivity index (χ1n) is 11.9. The van der Waals surface area contributed by atoms with Gasteiger partial charge in [-0.25, -0.2) is 0 Å². The van der Waals surface area contributed by atoms with Crippen LogP contribution in [0.1, 0.15) is 76.1 Å². The molecule has 1 aromatic heterocycles. The maximum Gasteiger partial charge on any atom is 0.408 e. The second kappa shape index (κ2) is 12.9. The van der Waals surface area contributed by atoms with Crippen molar-refractivity contribution in [1.29, 1.82) is 0 Å². The Morgan fingerprint density at radius 3 is 2.00 bits per heavy atom. The molecule has 36 heavy (non-hydrogen) atoms. The number of aromatic nitrogens is 3. The first-order valence-corrected chi connectivity index (χ1v) is 11.9. The molecule has 0 saturated heterocycles. The third-order valence-corrected chi connectivity index (χ3v) is 5.00. The minimum atomic E-state index is -4.63. The fourth-order valence-electron chi connectivity index (χ4n) is 3.12. The van der Waals surface area contributed by atoms with E-state index in [-0.39, 0.29) is 34.6 Å². The van der Waals surface area contributed by atoms with Gasteiger partial charge in [0, 0.05) is 11.8 Å². The predicted octanol–water partition coefficient (Wildman–Crippen LogP) is 6.51. The van der Waals surface area contributed by atoms with Crippen LogP contribution in [0.5, 0.6) is 11.5 Å². The van der Waals surface area contributed by atoms with Crippen LogP contribution in [-0.2, 0) is 0 Å². The van der Waals surface area contributed by atoms with Crippen LogP contribution in [0.4, 0.5) is 13.2 Å². The number of hydrogen-bond donors (Lipinski definition) is 3. The van der Waals surface area contributed by atoms with Gasteiger partial charge in [0.15, 0.2) is 5.82 Å². The summed E-state index contributed by atoms with van der Waals surface area (Å²) in [5.41, 5.74) is 2.03. The lowest BCUT2D eigenvalue weighted by Crippen LogP contribution is -2.43. The van der Waals surface area contributed by atoms with E-state index >= 15 is 0 Å². The summed E-state index contributed by atoms with van der Waals surface area (Å²) in [6.07, 6.45) is -4.63. The number of nitrogens with one attached hydrogen (secondary N) is 1. The number of amides is 1. The molecule has 0 aliphatic rings. The van der Waals surface area contributed by atoms with Gasteiger partial charge in [-0.15, -0.1) is 10.2 Å². The fraction of sp³-hybridized carbons (Fsp3) is 0.423. The summed E-state index contributed by atoms with van der Waals surface area (Å²) in [6, 6.07) is 7.41. The summed E-state index contributed by atoms with van der Waals surface area (Å²) in [7, 11) is 0. The smallest absolute Gasteiger partial charge is 0.408 e. The fourth-order valence-corrected chi connectivity index (χ4v) is 3.12. The monoisotopic (exact) mass is 508 g/mol. The Morgan fingerprint density at radius 2 is 1.50 bits per heavy atom. The van der Waals surface area contributed by atoms with Gasteiger partial charge in [-0.05, 0) is 43.5 Å². The van der Waals surface area contributed by atoms with Crippen molar-refractivity contribution in [2.75, 3.05) is 0 Å². The molecule has 198 valence electrons. The molecule has 3 rings (SSSR count). The van der Waals surface area contributed by atoms with Crippen LogP contribution in [0.3, 0.4) is 0 Å². The van der Waals surface area contributed by atoms with Crippen LogP contribution in [0, 0.1) is 6.92 Å². The Morgan fingerprint density at radius 1 is 0.944 bits per heavy atom. The van der Waals surface area contributed by atoms with Crippen LogP contribution < -0.4 is 5.32 Å². The quantitative estimate of drug-likeness (QED) is 0.365. The summed E-state index contributed by atoms with van der Waals surface area (Å²) < 4.78 is 40.2. The Kier molecular flexibility index (Phi) is 11.0. The Hall–Kier alpha value is -3.56. The van der Waals surface area contributed by atoms with Gasteiger partial charge in [-0.3, -0.25) is 9.36 Å². The summed E-state index contributed by atoms with van der Waals surface area (Å²) in [5.74, 6) is -1.93. The average Bonchev–Trinajstić information content (AvgIpc) is 3.26. The molecule has 1 heterocycles. The molecule has 0 aliphatic heterocycles. The predicted molar refractivity (Wildman–Crippen MR) is 135 cm³/mol. The third kappa shape index (κ3) is 6.99. The molecule has 0 fully saturated rings. The molecule has 10 heteroatoms. The molecule has 0 spiro atoms. The van der Waals surface area contributed by atoms with Crippen molar-refractivity contribution in [1.82, 2.24) is 20.1 Å². The van der Waals surface area contributed by atoms with Gasteiger partial charge in [0.2, 0.25) is 5.82 Å². The number of hydrogen-bond acceptors (Lipinski definition) is 5. The average molecular weight is 509 g/mol. The van der Waals surface area contributed by atoms with Crippen LogP contribution in [0.25, 0.3) is 17.1 Å². The van der Waals surface area contributed by atoms with Gasteiger partial charge >= 0.3 is 6.18 Å². The van der Waals surface area contributed by atoms with Crippen LogP contribution in [-0.4, -0.2) is 43.1 Å². The van der Waals surface area contributed by atoms with Gasteiger partial charge in [0.25, 0.3) is 5.91 Å². The highest BCUT2D eigenvalue weighted by atomic mass is 19.4. The first kappa shape index (κ1) is 30.5. The molecule has 7 nitrogen and oxygen atoms in total. The number of nitrogens with zero attached hydrogens (tertiary/aromatic N) is 3. The molecule has 3 aromatic rings. The van der Waals surface area contributed by atoms with E-state index in [0.717, 1.165) is 18.6 Å². The molecule has 1 amide bonds. The van der Waals surface area contributed by atoms with Crippen LogP contribution in [0.2, 0.25) is 0 Å². The second-order valence-corrected chi connectivity index (χ2v) is 7.84. The highest BCUT2D eigenvalue weighted by Gasteiger charge is 2.38. The molecule has 2 aromatic carbocycles. The van der Waals surface area contributed by atoms with Gasteiger partial charge in [0.1, 0.15) is 17.5 Å².